The molecule has 0 aliphatic carbocycles. The van der Waals surface area contributed by atoms with Gasteiger partial charge in [0, 0.05) is 25.4 Å². The summed E-state index contributed by atoms with van der Waals surface area (Å²) < 4.78 is 13.0. The van der Waals surface area contributed by atoms with Crippen LogP contribution in [0.15, 0.2) is 85.1 Å². The van der Waals surface area contributed by atoms with E-state index in [1.165, 1.54) is 0 Å². The van der Waals surface area contributed by atoms with Crippen molar-refractivity contribution in [2.24, 2.45) is 7.05 Å². The number of rotatable bonds is 9. The zero-order valence-corrected chi connectivity index (χ0v) is 18.8. The van der Waals surface area contributed by atoms with Crippen LogP contribution in [0.4, 0.5) is 0 Å². The zero-order chi connectivity index (χ0) is 23.0. The van der Waals surface area contributed by atoms with Crippen LogP contribution in [0.1, 0.15) is 27.0 Å². The molecule has 1 N–H and O–H groups in total. The lowest BCUT2D eigenvalue weighted by Gasteiger charge is -2.12. The Hall–Kier alpha value is -3.90. The highest BCUT2D eigenvalue weighted by molar-refractivity contribution is 6.00. The number of aromatic nitrogens is 2. The summed E-state index contributed by atoms with van der Waals surface area (Å²) >= 11 is 0. The van der Waals surface area contributed by atoms with Crippen LogP contribution >= 0.6 is 0 Å². The Morgan fingerprint density at radius 1 is 0.909 bits per heavy atom. The summed E-state index contributed by atoms with van der Waals surface area (Å²) in [7, 11) is 3.41. The van der Waals surface area contributed by atoms with Crippen molar-refractivity contribution in [3.63, 3.8) is 0 Å². The predicted molar refractivity (Wildman–Crippen MR) is 128 cm³/mol. The molecule has 1 amide bonds. The van der Waals surface area contributed by atoms with Gasteiger partial charge in [-0.3, -0.25) is 9.48 Å². The molecule has 4 rings (SSSR count). The maximum absolute atomic E-state index is 13.1. The second kappa shape index (κ2) is 10.6. The van der Waals surface area contributed by atoms with Gasteiger partial charge in [-0.25, -0.2) is 0 Å². The Labute approximate surface area is 193 Å². The summed E-state index contributed by atoms with van der Waals surface area (Å²) in [5.74, 6) is 0.482. The van der Waals surface area contributed by atoms with Gasteiger partial charge in [0.2, 0.25) is 0 Å². The standard InChI is InChI=1S/C27H27N3O3/c1-30-17-24(26(29-30)23-14-8-9-15-25(23)32-2)27(31)28-16-21-12-6-7-13-22(21)19-33-18-20-10-4-3-5-11-20/h3-15,17H,16,18-19H2,1-2H3,(H,28,31). The fourth-order valence-electron chi connectivity index (χ4n) is 3.69. The van der Waals surface area contributed by atoms with Gasteiger partial charge >= 0.3 is 0 Å². The number of hydrogen-bond acceptors (Lipinski definition) is 4. The van der Waals surface area contributed by atoms with Gasteiger partial charge in [0.1, 0.15) is 11.4 Å². The van der Waals surface area contributed by atoms with E-state index in [0.29, 0.717) is 36.8 Å². The largest absolute Gasteiger partial charge is 0.496 e. The summed E-state index contributed by atoms with van der Waals surface area (Å²) in [5.41, 5.74) is 5.06. The topological polar surface area (TPSA) is 65.4 Å². The van der Waals surface area contributed by atoms with Crippen molar-refractivity contribution < 1.29 is 14.3 Å². The van der Waals surface area contributed by atoms with E-state index in [-0.39, 0.29) is 5.91 Å². The average Bonchev–Trinajstić information content (AvgIpc) is 3.25. The molecule has 0 aliphatic heterocycles. The first-order chi connectivity index (χ1) is 16.2. The third-order valence-electron chi connectivity index (χ3n) is 5.36. The number of nitrogens with zero attached hydrogens (tertiary/aromatic N) is 2. The molecule has 1 aromatic heterocycles. The molecular weight excluding hydrogens is 414 g/mol. The van der Waals surface area contributed by atoms with Gasteiger partial charge in [-0.05, 0) is 28.8 Å². The fourth-order valence-corrected chi connectivity index (χ4v) is 3.69. The second-order valence-electron chi connectivity index (χ2n) is 7.70. The maximum Gasteiger partial charge on any atom is 0.255 e. The number of carbonyl (C=O) groups is 1. The molecule has 33 heavy (non-hydrogen) atoms. The molecule has 0 saturated carbocycles. The van der Waals surface area contributed by atoms with Gasteiger partial charge in [-0.1, -0.05) is 66.7 Å². The number of ether oxygens (including phenoxy) is 2. The molecule has 4 aromatic rings. The molecule has 0 unspecified atom stereocenters. The van der Waals surface area contributed by atoms with E-state index in [4.69, 9.17) is 9.47 Å². The minimum atomic E-state index is -0.191. The van der Waals surface area contributed by atoms with Gasteiger partial charge in [-0.15, -0.1) is 0 Å². The summed E-state index contributed by atoms with van der Waals surface area (Å²) in [6.45, 7) is 1.41. The van der Waals surface area contributed by atoms with Crippen LogP contribution < -0.4 is 10.1 Å². The molecule has 0 atom stereocenters. The number of nitrogens with one attached hydrogen (secondary N) is 1. The van der Waals surface area contributed by atoms with E-state index in [0.717, 1.165) is 22.3 Å². The Kier molecular flexibility index (Phi) is 7.17. The second-order valence-corrected chi connectivity index (χ2v) is 7.70. The lowest BCUT2D eigenvalue weighted by molar-refractivity contribution is 0.0948. The normalized spacial score (nSPS) is 10.7. The zero-order valence-electron chi connectivity index (χ0n) is 18.8. The van der Waals surface area contributed by atoms with Crippen molar-refractivity contribution in [2.75, 3.05) is 7.11 Å². The van der Waals surface area contributed by atoms with Crippen LogP contribution in [0.3, 0.4) is 0 Å². The summed E-state index contributed by atoms with van der Waals surface area (Å²) in [5, 5.41) is 7.54. The van der Waals surface area contributed by atoms with E-state index in [9.17, 15) is 4.79 Å². The number of amides is 1. The van der Waals surface area contributed by atoms with Crippen molar-refractivity contribution in [2.45, 2.75) is 19.8 Å². The van der Waals surface area contributed by atoms with Crippen molar-refractivity contribution in [3.05, 3.63) is 107 Å². The number of methoxy groups -OCH3 is 1. The van der Waals surface area contributed by atoms with Gasteiger partial charge in [0.05, 0.1) is 25.9 Å². The van der Waals surface area contributed by atoms with Crippen molar-refractivity contribution in [1.82, 2.24) is 15.1 Å². The predicted octanol–water partition coefficient (Wildman–Crippen LogP) is 4.74. The average molecular weight is 442 g/mol. The maximum atomic E-state index is 13.1. The molecular formula is C27H27N3O3. The lowest BCUT2D eigenvalue weighted by atomic mass is 10.1. The van der Waals surface area contributed by atoms with Crippen molar-refractivity contribution >= 4 is 5.91 Å². The molecule has 0 radical (unpaired) electrons. The summed E-state index contributed by atoms with van der Waals surface area (Å²) in [6, 6.07) is 25.6. The number of para-hydroxylation sites is 1. The van der Waals surface area contributed by atoms with Crippen molar-refractivity contribution in [1.29, 1.82) is 0 Å². The molecule has 6 heteroatoms. The number of benzene rings is 3. The van der Waals surface area contributed by atoms with E-state index in [2.05, 4.69) is 10.4 Å². The van der Waals surface area contributed by atoms with Crippen LogP contribution in [0.5, 0.6) is 5.75 Å². The van der Waals surface area contributed by atoms with Gasteiger partial charge in [-0.2, -0.15) is 5.10 Å². The minimum Gasteiger partial charge on any atom is -0.496 e. The summed E-state index contributed by atoms with van der Waals surface area (Å²) in [6.07, 6.45) is 1.73. The molecule has 6 nitrogen and oxygen atoms in total. The van der Waals surface area contributed by atoms with E-state index in [1.807, 2.05) is 78.9 Å². The lowest BCUT2D eigenvalue weighted by Crippen LogP contribution is -2.23. The van der Waals surface area contributed by atoms with Crippen LogP contribution in [-0.4, -0.2) is 22.8 Å². The Morgan fingerprint density at radius 2 is 1.61 bits per heavy atom. The van der Waals surface area contributed by atoms with Crippen LogP contribution in [-0.2, 0) is 31.5 Å². The minimum absolute atomic E-state index is 0.191. The molecule has 1 heterocycles. The van der Waals surface area contributed by atoms with Gasteiger partial charge in [0.15, 0.2) is 0 Å². The highest BCUT2D eigenvalue weighted by Gasteiger charge is 2.19. The van der Waals surface area contributed by atoms with E-state index >= 15 is 0 Å². The van der Waals surface area contributed by atoms with Crippen LogP contribution in [0, 0.1) is 0 Å². The Morgan fingerprint density at radius 3 is 2.39 bits per heavy atom. The first-order valence-electron chi connectivity index (χ1n) is 10.8. The SMILES string of the molecule is COc1ccccc1-c1nn(C)cc1C(=O)NCc1ccccc1COCc1ccccc1. The molecule has 0 spiro atoms. The molecule has 0 fully saturated rings. The number of carbonyl (C=O) groups excluding carboxylic acids is 1. The van der Waals surface area contributed by atoms with E-state index < -0.39 is 0 Å². The highest BCUT2D eigenvalue weighted by Crippen LogP contribution is 2.30. The summed E-state index contributed by atoms with van der Waals surface area (Å²) in [4.78, 5) is 13.1. The third-order valence-corrected chi connectivity index (χ3v) is 5.36. The van der Waals surface area contributed by atoms with Gasteiger partial charge in [0.25, 0.3) is 5.91 Å². The molecule has 0 aliphatic rings. The third kappa shape index (κ3) is 5.48. The molecule has 168 valence electrons. The first-order valence-corrected chi connectivity index (χ1v) is 10.8. The smallest absolute Gasteiger partial charge is 0.255 e. The highest BCUT2D eigenvalue weighted by atomic mass is 16.5. The quantitative estimate of drug-likeness (QED) is 0.407. The monoisotopic (exact) mass is 441 g/mol. The molecule has 0 bridgehead atoms. The van der Waals surface area contributed by atoms with Crippen LogP contribution in [0.2, 0.25) is 0 Å². The molecule has 3 aromatic carbocycles. The Balaban J connectivity index is 1.45. The number of aryl methyl sites for hydroxylation is 1. The number of hydrogen-bond donors (Lipinski definition) is 1. The van der Waals surface area contributed by atoms with Gasteiger partial charge < -0.3 is 14.8 Å². The van der Waals surface area contributed by atoms with E-state index in [1.54, 1.807) is 25.0 Å². The van der Waals surface area contributed by atoms with Crippen molar-refractivity contribution in [3.8, 4) is 17.0 Å². The molecule has 0 saturated heterocycles. The fraction of sp³-hybridized carbons (Fsp3) is 0.185. The Bertz CT molecular complexity index is 1220. The first kappa shape index (κ1) is 22.3. The van der Waals surface area contributed by atoms with Crippen LogP contribution in [0.25, 0.3) is 11.3 Å².